The van der Waals surface area contributed by atoms with Crippen LogP contribution in [0.5, 0.6) is 0 Å². The summed E-state index contributed by atoms with van der Waals surface area (Å²) in [5.74, 6) is 0.0797. The van der Waals surface area contributed by atoms with Gasteiger partial charge in [-0.25, -0.2) is 0 Å². The van der Waals surface area contributed by atoms with Crippen LogP contribution in [0.1, 0.15) is 23.6 Å². The summed E-state index contributed by atoms with van der Waals surface area (Å²) in [5.41, 5.74) is 3.69. The van der Waals surface area contributed by atoms with Crippen molar-refractivity contribution in [2.45, 2.75) is 20.0 Å². The van der Waals surface area contributed by atoms with Gasteiger partial charge in [0.25, 0.3) is 0 Å². The molecule has 0 saturated heterocycles. The van der Waals surface area contributed by atoms with Crippen LogP contribution in [0.3, 0.4) is 0 Å². The van der Waals surface area contributed by atoms with Crippen LogP contribution >= 0.6 is 0 Å². The third-order valence-electron chi connectivity index (χ3n) is 2.51. The van der Waals surface area contributed by atoms with Crippen molar-refractivity contribution in [2.24, 2.45) is 0 Å². The maximum atomic E-state index is 10.8. The molecule has 0 fully saturated rings. The van der Waals surface area contributed by atoms with E-state index in [0.717, 1.165) is 18.6 Å². The van der Waals surface area contributed by atoms with Gasteiger partial charge in [0.1, 0.15) is 0 Å². The van der Waals surface area contributed by atoms with Crippen LogP contribution in [0.2, 0.25) is 0 Å². The molecule has 1 heterocycles. The Labute approximate surface area is 89.6 Å². The maximum absolute atomic E-state index is 10.8. The molecule has 78 valence electrons. The fourth-order valence-electron chi connectivity index (χ4n) is 1.70. The summed E-state index contributed by atoms with van der Waals surface area (Å²) in [6.45, 7) is 3.07. The molecule has 0 spiro atoms. The van der Waals surface area contributed by atoms with Gasteiger partial charge in [0.2, 0.25) is 0 Å². The van der Waals surface area contributed by atoms with Gasteiger partial charge in [-0.3, -0.25) is 4.79 Å². The largest absolute Gasteiger partial charge is 0.376 e. The molecular formula is C13H14O2. The third-order valence-corrected chi connectivity index (χ3v) is 2.51. The fraction of sp³-hybridized carbons (Fsp3) is 0.308. The molecule has 0 radical (unpaired) electrons. The van der Waals surface area contributed by atoms with E-state index in [0.29, 0.717) is 6.61 Å². The van der Waals surface area contributed by atoms with E-state index in [-0.39, 0.29) is 5.78 Å². The molecule has 0 saturated carbocycles. The molecule has 0 unspecified atom stereocenters. The van der Waals surface area contributed by atoms with E-state index < -0.39 is 0 Å². The summed E-state index contributed by atoms with van der Waals surface area (Å²) in [7, 11) is 0. The Bertz CT molecular complexity index is 405. The zero-order valence-corrected chi connectivity index (χ0v) is 8.82. The van der Waals surface area contributed by atoms with E-state index in [4.69, 9.17) is 4.74 Å². The summed E-state index contributed by atoms with van der Waals surface area (Å²) in [4.78, 5) is 10.8. The average Bonchev–Trinajstić information content (AvgIpc) is 2.26. The van der Waals surface area contributed by atoms with E-state index in [2.05, 4.69) is 12.1 Å². The van der Waals surface area contributed by atoms with Gasteiger partial charge in [-0.2, -0.15) is 0 Å². The minimum Gasteiger partial charge on any atom is -0.376 e. The first-order valence-corrected chi connectivity index (χ1v) is 5.14. The number of allylic oxidation sites excluding steroid dienone is 1. The summed E-state index contributed by atoms with van der Waals surface area (Å²) in [5, 5.41) is 0. The van der Waals surface area contributed by atoms with Gasteiger partial charge in [0.15, 0.2) is 5.78 Å². The first-order valence-electron chi connectivity index (χ1n) is 5.14. The van der Waals surface area contributed by atoms with Gasteiger partial charge < -0.3 is 4.74 Å². The summed E-state index contributed by atoms with van der Waals surface area (Å²) < 4.78 is 5.36. The quantitative estimate of drug-likeness (QED) is 0.688. The van der Waals surface area contributed by atoms with Crippen molar-refractivity contribution in [3.63, 3.8) is 0 Å². The molecule has 0 aromatic heterocycles. The van der Waals surface area contributed by atoms with E-state index in [1.54, 1.807) is 13.0 Å². The maximum Gasteiger partial charge on any atom is 0.152 e. The second kappa shape index (κ2) is 4.41. The molecule has 0 N–H and O–H groups in total. The van der Waals surface area contributed by atoms with E-state index in [1.165, 1.54) is 11.1 Å². The number of ether oxygens (including phenoxy) is 1. The van der Waals surface area contributed by atoms with Crippen molar-refractivity contribution in [3.8, 4) is 0 Å². The Morgan fingerprint density at radius 1 is 1.40 bits per heavy atom. The minimum absolute atomic E-state index is 0.0797. The molecule has 1 aromatic rings. The lowest BCUT2D eigenvalue weighted by Gasteiger charge is -2.16. The molecule has 0 amide bonds. The SMILES string of the molecule is CC(=O)/C=C/c1ccc2c(c1)CCOC2. The molecule has 1 aliphatic rings. The Morgan fingerprint density at radius 2 is 2.27 bits per heavy atom. The number of hydrogen-bond donors (Lipinski definition) is 0. The Hall–Kier alpha value is -1.41. The highest BCUT2D eigenvalue weighted by molar-refractivity contribution is 5.91. The molecule has 2 heteroatoms. The van der Waals surface area contributed by atoms with E-state index in [9.17, 15) is 4.79 Å². The predicted molar refractivity (Wildman–Crippen MR) is 59.5 cm³/mol. The number of hydrogen-bond acceptors (Lipinski definition) is 2. The van der Waals surface area contributed by atoms with Gasteiger partial charge in [-0.15, -0.1) is 0 Å². The lowest BCUT2D eigenvalue weighted by atomic mass is 10.00. The van der Waals surface area contributed by atoms with Crippen molar-refractivity contribution < 1.29 is 9.53 Å². The number of benzene rings is 1. The minimum atomic E-state index is 0.0797. The van der Waals surface area contributed by atoms with E-state index in [1.807, 2.05) is 12.1 Å². The van der Waals surface area contributed by atoms with Gasteiger partial charge in [-0.05, 0) is 36.1 Å². The number of ketones is 1. The van der Waals surface area contributed by atoms with Gasteiger partial charge in [0, 0.05) is 0 Å². The van der Waals surface area contributed by atoms with Crippen LogP contribution in [-0.2, 0) is 22.6 Å². The topological polar surface area (TPSA) is 26.3 Å². The monoisotopic (exact) mass is 202 g/mol. The predicted octanol–water partition coefficient (Wildman–Crippen LogP) is 2.36. The number of carbonyl (C=O) groups is 1. The molecule has 0 bridgehead atoms. The van der Waals surface area contributed by atoms with Gasteiger partial charge >= 0.3 is 0 Å². The molecule has 2 nitrogen and oxygen atoms in total. The van der Waals surface area contributed by atoms with Crippen molar-refractivity contribution in [3.05, 3.63) is 41.0 Å². The van der Waals surface area contributed by atoms with Crippen molar-refractivity contribution in [1.29, 1.82) is 0 Å². The first-order chi connectivity index (χ1) is 7.25. The Balaban J connectivity index is 2.24. The van der Waals surface area contributed by atoms with Crippen molar-refractivity contribution in [1.82, 2.24) is 0 Å². The van der Waals surface area contributed by atoms with Crippen LogP contribution in [0.25, 0.3) is 6.08 Å². The molecular weight excluding hydrogens is 188 g/mol. The first kappa shape index (κ1) is 10.1. The lowest BCUT2D eigenvalue weighted by Crippen LogP contribution is -2.09. The highest BCUT2D eigenvalue weighted by Gasteiger charge is 2.08. The summed E-state index contributed by atoms with van der Waals surface area (Å²) in [6, 6.07) is 6.23. The van der Waals surface area contributed by atoms with Crippen molar-refractivity contribution >= 4 is 11.9 Å². The second-order valence-electron chi connectivity index (χ2n) is 3.77. The normalized spacial score (nSPS) is 15.3. The standard InChI is InChI=1S/C13H14O2/c1-10(14)2-3-11-4-5-13-9-15-7-6-12(13)8-11/h2-5,8H,6-7,9H2,1H3/b3-2+. The molecule has 0 aliphatic carbocycles. The average molecular weight is 202 g/mol. The number of rotatable bonds is 2. The molecule has 1 aromatic carbocycles. The molecule has 0 atom stereocenters. The summed E-state index contributed by atoms with van der Waals surface area (Å²) >= 11 is 0. The van der Waals surface area contributed by atoms with Gasteiger partial charge in [0.05, 0.1) is 13.2 Å². The zero-order valence-electron chi connectivity index (χ0n) is 8.82. The lowest BCUT2D eigenvalue weighted by molar-refractivity contribution is -0.112. The van der Waals surface area contributed by atoms with Crippen LogP contribution in [-0.4, -0.2) is 12.4 Å². The van der Waals surface area contributed by atoms with Gasteiger partial charge in [-0.1, -0.05) is 24.3 Å². The second-order valence-corrected chi connectivity index (χ2v) is 3.77. The Kier molecular flexibility index (Phi) is 2.97. The zero-order chi connectivity index (χ0) is 10.7. The molecule has 1 aliphatic heterocycles. The van der Waals surface area contributed by atoms with E-state index >= 15 is 0 Å². The highest BCUT2D eigenvalue weighted by Crippen LogP contribution is 2.18. The fourth-order valence-corrected chi connectivity index (χ4v) is 1.70. The molecule has 2 rings (SSSR count). The molecule has 15 heavy (non-hydrogen) atoms. The summed E-state index contributed by atoms with van der Waals surface area (Å²) in [6.07, 6.45) is 4.43. The number of carbonyl (C=O) groups excluding carboxylic acids is 1. The number of fused-ring (bicyclic) bond motifs is 1. The van der Waals surface area contributed by atoms with Crippen LogP contribution in [0.4, 0.5) is 0 Å². The van der Waals surface area contributed by atoms with Crippen LogP contribution < -0.4 is 0 Å². The third kappa shape index (κ3) is 2.54. The highest BCUT2D eigenvalue weighted by atomic mass is 16.5. The smallest absolute Gasteiger partial charge is 0.152 e. The Morgan fingerprint density at radius 3 is 3.07 bits per heavy atom. The van der Waals surface area contributed by atoms with Crippen LogP contribution in [0.15, 0.2) is 24.3 Å². The van der Waals surface area contributed by atoms with Crippen molar-refractivity contribution in [2.75, 3.05) is 6.61 Å². The van der Waals surface area contributed by atoms with Crippen LogP contribution in [0, 0.1) is 0 Å².